The Balaban J connectivity index is 1.65. The number of nitrogens with one attached hydrogen (secondary N) is 1. The molecule has 0 saturated carbocycles. The molecule has 1 fully saturated rings. The summed E-state index contributed by atoms with van der Waals surface area (Å²) in [6, 6.07) is 1.90. The van der Waals surface area contributed by atoms with E-state index in [2.05, 4.69) is 20.3 Å². The number of hydrogen-bond donors (Lipinski definition) is 2. The molecule has 4 heterocycles. The Labute approximate surface area is 180 Å². The molecule has 1 amide bonds. The maximum Gasteiger partial charge on any atom is 0.407 e. The van der Waals surface area contributed by atoms with Gasteiger partial charge in [0.2, 0.25) is 0 Å². The number of piperidine rings is 1. The van der Waals surface area contributed by atoms with E-state index in [0.717, 1.165) is 36.3 Å². The third-order valence-electron chi connectivity index (χ3n) is 5.46. The molecule has 2 aromatic heterocycles. The molecule has 0 unspecified atom stereocenters. The SMILES string of the molecule is CC1=C(c2cc(N3CCC[C@@H](NC(=O)OC(C)(C)C)C3)c3c(N)ncnn23)COC1=O. The first kappa shape index (κ1) is 21.0. The molecule has 10 nitrogen and oxygen atoms in total. The summed E-state index contributed by atoms with van der Waals surface area (Å²) in [7, 11) is 0. The number of nitrogens with two attached hydrogens (primary N) is 1. The van der Waals surface area contributed by atoms with Gasteiger partial charge in [0.1, 0.15) is 24.1 Å². The van der Waals surface area contributed by atoms with Crippen LogP contribution in [0.3, 0.4) is 0 Å². The van der Waals surface area contributed by atoms with Crippen LogP contribution in [0.5, 0.6) is 0 Å². The zero-order valence-corrected chi connectivity index (χ0v) is 18.3. The standard InChI is InChI=1S/C21H28N6O4/c1-12-14(10-30-19(12)28)15-8-16(17-18(22)23-11-24-27(15)17)26-7-5-6-13(9-26)25-20(29)31-21(2,3)4/h8,11,13H,5-7,9-10H2,1-4H3,(H,25,29)(H2,22,23,24)/t13-/m1/s1. The minimum Gasteiger partial charge on any atom is -0.457 e. The topological polar surface area (TPSA) is 124 Å². The van der Waals surface area contributed by atoms with Crippen molar-refractivity contribution in [3.63, 3.8) is 0 Å². The molecule has 0 aliphatic carbocycles. The quantitative estimate of drug-likeness (QED) is 0.713. The monoisotopic (exact) mass is 428 g/mol. The van der Waals surface area contributed by atoms with Crippen molar-refractivity contribution in [1.82, 2.24) is 19.9 Å². The maximum absolute atomic E-state index is 12.2. The van der Waals surface area contributed by atoms with Gasteiger partial charge in [0.15, 0.2) is 5.82 Å². The van der Waals surface area contributed by atoms with E-state index < -0.39 is 11.7 Å². The average Bonchev–Trinajstić information content (AvgIpc) is 3.22. The van der Waals surface area contributed by atoms with Crippen LogP contribution < -0.4 is 16.0 Å². The Morgan fingerprint density at radius 1 is 1.39 bits per heavy atom. The van der Waals surface area contributed by atoms with Gasteiger partial charge >= 0.3 is 12.1 Å². The van der Waals surface area contributed by atoms with Gasteiger partial charge in [0, 0.05) is 30.3 Å². The molecule has 0 radical (unpaired) electrons. The van der Waals surface area contributed by atoms with E-state index in [0.29, 0.717) is 23.5 Å². The van der Waals surface area contributed by atoms with E-state index in [4.69, 9.17) is 15.2 Å². The highest BCUT2D eigenvalue weighted by Crippen LogP contribution is 2.35. The van der Waals surface area contributed by atoms with Crippen LogP contribution in [-0.4, -0.2) is 58.0 Å². The summed E-state index contributed by atoms with van der Waals surface area (Å²) in [6.45, 7) is 8.86. The third-order valence-corrected chi connectivity index (χ3v) is 5.46. The van der Waals surface area contributed by atoms with E-state index in [1.807, 2.05) is 26.8 Å². The van der Waals surface area contributed by atoms with Gasteiger partial charge in [-0.1, -0.05) is 0 Å². The van der Waals surface area contributed by atoms with Gasteiger partial charge in [0.05, 0.1) is 11.4 Å². The van der Waals surface area contributed by atoms with Crippen molar-refractivity contribution >= 4 is 34.7 Å². The Morgan fingerprint density at radius 2 is 2.16 bits per heavy atom. The number of alkyl carbamates (subject to hydrolysis) is 1. The molecule has 3 N–H and O–H groups in total. The highest BCUT2D eigenvalue weighted by molar-refractivity contribution is 6.02. The molecule has 31 heavy (non-hydrogen) atoms. The van der Waals surface area contributed by atoms with Gasteiger partial charge in [-0.3, -0.25) is 0 Å². The number of nitrogens with zero attached hydrogens (tertiary/aromatic N) is 4. The number of aromatic nitrogens is 3. The van der Waals surface area contributed by atoms with Crippen LogP contribution in [0.15, 0.2) is 18.0 Å². The molecule has 10 heteroatoms. The van der Waals surface area contributed by atoms with Crippen LogP contribution in [0.2, 0.25) is 0 Å². The number of esters is 1. The van der Waals surface area contributed by atoms with Crippen molar-refractivity contribution in [3.8, 4) is 0 Å². The Kier molecular flexibility index (Phi) is 5.24. The Bertz CT molecular complexity index is 1070. The van der Waals surface area contributed by atoms with Gasteiger partial charge in [-0.25, -0.2) is 19.1 Å². The molecule has 0 spiro atoms. The predicted molar refractivity (Wildman–Crippen MR) is 116 cm³/mol. The van der Waals surface area contributed by atoms with Gasteiger partial charge in [-0.05, 0) is 46.6 Å². The number of anilines is 2. The number of rotatable bonds is 3. The van der Waals surface area contributed by atoms with Crippen LogP contribution in [0.1, 0.15) is 46.2 Å². The largest absolute Gasteiger partial charge is 0.457 e. The molecule has 1 saturated heterocycles. The fourth-order valence-electron chi connectivity index (χ4n) is 4.04. The fourth-order valence-corrected chi connectivity index (χ4v) is 4.04. The van der Waals surface area contributed by atoms with E-state index >= 15 is 0 Å². The lowest BCUT2D eigenvalue weighted by Gasteiger charge is -2.34. The molecule has 0 bridgehead atoms. The number of hydrogen-bond acceptors (Lipinski definition) is 8. The Morgan fingerprint density at radius 3 is 2.84 bits per heavy atom. The zero-order valence-electron chi connectivity index (χ0n) is 18.3. The minimum absolute atomic E-state index is 0.0646. The van der Waals surface area contributed by atoms with Gasteiger partial charge in [-0.15, -0.1) is 0 Å². The van der Waals surface area contributed by atoms with Crippen LogP contribution in [-0.2, 0) is 14.3 Å². The highest BCUT2D eigenvalue weighted by atomic mass is 16.6. The molecule has 2 aromatic rings. The molecule has 1 atom stereocenters. The van der Waals surface area contributed by atoms with Crippen LogP contribution >= 0.6 is 0 Å². The first-order chi connectivity index (χ1) is 14.6. The number of carbonyl (C=O) groups excluding carboxylic acids is 2. The maximum atomic E-state index is 12.2. The highest BCUT2D eigenvalue weighted by Gasteiger charge is 2.30. The first-order valence-corrected chi connectivity index (χ1v) is 10.4. The summed E-state index contributed by atoms with van der Waals surface area (Å²) in [6.07, 6.45) is 2.72. The number of carbonyl (C=O) groups is 2. The number of amides is 1. The number of cyclic esters (lactones) is 1. The minimum atomic E-state index is -0.552. The summed E-state index contributed by atoms with van der Waals surface area (Å²) in [5.41, 5.74) is 9.31. The van der Waals surface area contributed by atoms with Gasteiger partial charge < -0.3 is 25.4 Å². The number of nitrogen functional groups attached to an aromatic ring is 1. The van der Waals surface area contributed by atoms with Crippen LogP contribution in [0, 0.1) is 0 Å². The average molecular weight is 428 g/mol. The second-order valence-electron chi connectivity index (χ2n) is 8.93. The number of fused-ring (bicyclic) bond motifs is 1. The van der Waals surface area contributed by atoms with E-state index in [-0.39, 0.29) is 18.6 Å². The van der Waals surface area contributed by atoms with Gasteiger partial charge in [0.25, 0.3) is 0 Å². The predicted octanol–water partition coefficient (Wildman–Crippen LogP) is 2.14. The Hall–Kier alpha value is -3.30. The molecular formula is C21H28N6O4. The van der Waals surface area contributed by atoms with Crippen molar-refractivity contribution in [2.24, 2.45) is 0 Å². The zero-order chi connectivity index (χ0) is 22.3. The third kappa shape index (κ3) is 4.14. The first-order valence-electron chi connectivity index (χ1n) is 10.4. The van der Waals surface area contributed by atoms with Crippen molar-refractivity contribution < 1.29 is 19.1 Å². The van der Waals surface area contributed by atoms with Crippen molar-refractivity contribution in [1.29, 1.82) is 0 Å². The molecular weight excluding hydrogens is 400 g/mol. The van der Waals surface area contributed by atoms with Crippen molar-refractivity contribution in [2.45, 2.75) is 52.2 Å². The molecule has 0 aromatic carbocycles. The van der Waals surface area contributed by atoms with E-state index in [1.165, 1.54) is 6.33 Å². The summed E-state index contributed by atoms with van der Waals surface area (Å²) < 4.78 is 12.3. The summed E-state index contributed by atoms with van der Waals surface area (Å²) in [5.74, 6) is 0.0232. The summed E-state index contributed by atoms with van der Waals surface area (Å²) in [4.78, 5) is 30.5. The van der Waals surface area contributed by atoms with Crippen molar-refractivity contribution in [2.75, 3.05) is 30.3 Å². The van der Waals surface area contributed by atoms with E-state index in [9.17, 15) is 9.59 Å². The van der Waals surface area contributed by atoms with E-state index in [1.54, 1.807) is 11.4 Å². The summed E-state index contributed by atoms with van der Waals surface area (Å²) in [5, 5.41) is 7.34. The molecule has 2 aliphatic heterocycles. The smallest absolute Gasteiger partial charge is 0.407 e. The van der Waals surface area contributed by atoms with Crippen molar-refractivity contribution in [3.05, 3.63) is 23.7 Å². The molecule has 4 rings (SSSR count). The number of ether oxygens (including phenoxy) is 2. The second-order valence-corrected chi connectivity index (χ2v) is 8.93. The normalized spacial score (nSPS) is 19.7. The molecule has 166 valence electrons. The lowest BCUT2D eigenvalue weighted by molar-refractivity contribution is -0.135. The summed E-state index contributed by atoms with van der Waals surface area (Å²) >= 11 is 0. The second kappa shape index (κ2) is 7.75. The lowest BCUT2D eigenvalue weighted by atomic mass is 10.0. The van der Waals surface area contributed by atoms with Crippen LogP contribution in [0.4, 0.5) is 16.3 Å². The fraction of sp³-hybridized carbons (Fsp3) is 0.524. The van der Waals surface area contributed by atoms with Gasteiger partial charge in [-0.2, -0.15) is 5.10 Å². The molecule has 2 aliphatic rings. The van der Waals surface area contributed by atoms with Crippen LogP contribution in [0.25, 0.3) is 11.1 Å². The lowest BCUT2D eigenvalue weighted by Crippen LogP contribution is -2.49.